The van der Waals surface area contributed by atoms with Gasteiger partial charge in [-0.05, 0) is 96.1 Å². The summed E-state index contributed by atoms with van der Waals surface area (Å²) in [4.78, 5) is 40.9. The van der Waals surface area contributed by atoms with Crippen LogP contribution in [0.5, 0.6) is 0 Å². The van der Waals surface area contributed by atoms with Crippen LogP contribution in [0.3, 0.4) is 0 Å². The first kappa shape index (κ1) is 36.4. The van der Waals surface area contributed by atoms with Crippen LogP contribution in [0.2, 0.25) is 0 Å². The molecule has 0 aliphatic heterocycles. The Morgan fingerprint density at radius 2 is 1.02 bits per heavy atom. The third-order valence-corrected chi connectivity index (χ3v) is 9.75. The Bertz CT molecular complexity index is 3160. The molecule has 14 heteroatoms. The van der Waals surface area contributed by atoms with Gasteiger partial charge in [-0.15, -0.1) is 10.2 Å². The number of carbonyl (C=O) groups excluding carboxylic acids is 1. The van der Waals surface area contributed by atoms with E-state index in [1.807, 2.05) is 84.9 Å². The third kappa shape index (κ3) is 7.65. The minimum atomic E-state index is -0.951. The third-order valence-electron chi connectivity index (χ3n) is 9.75. The Balaban J connectivity index is 0.000000152. The molecule has 0 unspecified atom stereocenters. The van der Waals surface area contributed by atoms with Crippen molar-refractivity contribution in [2.75, 3.05) is 7.11 Å². The highest BCUT2D eigenvalue weighted by atomic mass is 16.5. The summed E-state index contributed by atoms with van der Waals surface area (Å²) >= 11 is 0. The number of carbonyl (C=O) groups is 2. The van der Waals surface area contributed by atoms with E-state index in [9.17, 15) is 9.59 Å². The lowest BCUT2D eigenvalue weighted by Crippen LogP contribution is -2.03. The Labute approximate surface area is 335 Å². The van der Waals surface area contributed by atoms with E-state index in [0.29, 0.717) is 35.5 Å². The van der Waals surface area contributed by atoms with Gasteiger partial charge >= 0.3 is 11.9 Å². The summed E-state index contributed by atoms with van der Waals surface area (Å²) in [6.45, 7) is 1.09. The fraction of sp³-hybridized carbons (Fsp3) is 0.0667. The number of carboxylic acids is 1. The van der Waals surface area contributed by atoms with E-state index >= 15 is 0 Å². The Morgan fingerprint density at radius 3 is 1.47 bits per heavy atom. The van der Waals surface area contributed by atoms with Crippen LogP contribution in [-0.4, -0.2) is 74.1 Å². The van der Waals surface area contributed by atoms with E-state index in [0.717, 1.165) is 61.0 Å². The molecule has 0 amide bonds. The van der Waals surface area contributed by atoms with E-state index in [4.69, 9.17) is 19.8 Å². The summed E-state index contributed by atoms with van der Waals surface area (Å²) in [5.74, 6) is -1.31. The van der Waals surface area contributed by atoms with Crippen molar-refractivity contribution in [3.8, 4) is 22.5 Å². The topological polar surface area (TPSA) is 177 Å². The van der Waals surface area contributed by atoms with Crippen LogP contribution >= 0.6 is 0 Å². The molecule has 0 saturated heterocycles. The normalized spacial score (nSPS) is 11.1. The average Bonchev–Trinajstić information content (AvgIpc) is 3.89. The number of fused-ring (bicyclic) bond motifs is 4. The SMILES string of the molecule is COC(=O)c1ccc(-c2ccc3nnn(Cc4ccc5ncccc5c4)c3n2)cc1.O=C(O)c1ccc(-c2ccc3nnn(Cc4ccc5ncccc5c4)c3n2)cc1. The standard InChI is InChI=1S/C23H17N5O2.C22H15N5O2/c1-30-23(29)17-7-5-16(6-8-17)20-10-11-21-22(25-20)28(27-26-21)14-15-4-9-19-18(13-15)3-2-12-24-19;28-22(29)16-6-4-15(5-7-16)19-9-10-20-21(24-19)27(26-25-20)13-14-3-8-18-17(12-14)2-1-11-23-18/h2-13H,14H2,1H3;1-12H,13H2,(H,28,29). The van der Waals surface area contributed by atoms with Crippen molar-refractivity contribution >= 4 is 56.1 Å². The quantitative estimate of drug-likeness (QED) is 0.149. The lowest BCUT2D eigenvalue weighted by molar-refractivity contribution is 0.0599. The monoisotopic (exact) mass is 776 g/mol. The zero-order chi connectivity index (χ0) is 40.3. The fourth-order valence-electron chi connectivity index (χ4n) is 6.71. The number of pyridine rings is 4. The second-order valence-electron chi connectivity index (χ2n) is 13.6. The summed E-state index contributed by atoms with van der Waals surface area (Å²) in [6.07, 6.45) is 3.57. The van der Waals surface area contributed by atoms with Gasteiger partial charge in [-0.3, -0.25) is 9.97 Å². The molecule has 0 fully saturated rings. The molecule has 286 valence electrons. The molecule has 0 bridgehead atoms. The minimum Gasteiger partial charge on any atom is -0.478 e. The number of rotatable bonds is 8. The zero-order valence-corrected chi connectivity index (χ0v) is 31.4. The summed E-state index contributed by atoms with van der Waals surface area (Å²) in [7, 11) is 1.37. The molecule has 0 atom stereocenters. The second kappa shape index (κ2) is 15.7. The van der Waals surface area contributed by atoms with Crippen molar-refractivity contribution in [2.24, 2.45) is 0 Å². The smallest absolute Gasteiger partial charge is 0.337 e. The van der Waals surface area contributed by atoms with E-state index in [1.165, 1.54) is 7.11 Å². The van der Waals surface area contributed by atoms with Crippen molar-refractivity contribution in [1.82, 2.24) is 49.9 Å². The summed E-state index contributed by atoms with van der Waals surface area (Å²) in [5.41, 5.74) is 10.9. The number of nitrogens with zero attached hydrogens (tertiary/aromatic N) is 10. The molecule has 59 heavy (non-hydrogen) atoms. The van der Waals surface area contributed by atoms with Crippen LogP contribution in [0.4, 0.5) is 0 Å². The predicted octanol–water partition coefficient (Wildman–Crippen LogP) is 7.66. The van der Waals surface area contributed by atoms with Gasteiger partial charge in [0.2, 0.25) is 0 Å². The average molecular weight is 777 g/mol. The lowest BCUT2D eigenvalue weighted by Gasteiger charge is -2.06. The number of esters is 1. The van der Waals surface area contributed by atoms with E-state index in [1.54, 1.807) is 58.2 Å². The highest BCUT2D eigenvalue weighted by molar-refractivity contribution is 5.90. The first-order valence-corrected chi connectivity index (χ1v) is 18.5. The van der Waals surface area contributed by atoms with Crippen molar-refractivity contribution < 1.29 is 19.4 Å². The second-order valence-corrected chi connectivity index (χ2v) is 13.6. The van der Waals surface area contributed by atoms with Crippen LogP contribution in [0.1, 0.15) is 31.8 Å². The highest BCUT2D eigenvalue weighted by Gasteiger charge is 2.13. The summed E-state index contributed by atoms with van der Waals surface area (Å²) in [5, 5.41) is 28.2. The predicted molar refractivity (Wildman–Crippen MR) is 222 cm³/mol. The minimum absolute atomic E-state index is 0.243. The molecular weight excluding hydrogens is 745 g/mol. The number of benzene rings is 4. The molecule has 4 aromatic carbocycles. The maximum Gasteiger partial charge on any atom is 0.337 e. The molecule has 1 N–H and O–H groups in total. The van der Waals surface area contributed by atoms with Crippen LogP contribution < -0.4 is 0 Å². The Morgan fingerprint density at radius 1 is 0.559 bits per heavy atom. The maximum absolute atomic E-state index is 11.6. The lowest BCUT2D eigenvalue weighted by atomic mass is 10.1. The molecule has 0 spiro atoms. The van der Waals surface area contributed by atoms with Crippen molar-refractivity contribution in [3.63, 3.8) is 0 Å². The molecule has 6 heterocycles. The first-order chi connectivity index (χ1) is 28.9. The molecule has 14 nitrogen and oxygen atoms in total. The van der Waals surface area contributed by atoms with Gasteiger partial charge in [-0.1, -0.05) is 59.0 Å². The van der Waals surface area contributed by atoms with Gasteiger partial charge in [0.1, 0.15) is 11.0 Å². The first-order valence-electron chi connectivity index (χ1n) is 18.5. The molecule has 10 rings (SSSR count). The van der Waals surface area contributed by atoms with Gasteiger partial charge in [0, 0.05) is 34.3 Å². The van der Waals surface area contributed by atoms with Gasteiger partial charge in [0.05, 0.1) is 53.7 Å². The number of methoxy groups -OCH3 is 1. The van der Waals surface area contributed by atoms with Crippen LogP contribution in [0.15, 0.2) is 146 Å². The Kier molecular flexibility index (Phi) is 9.68. The molecule has 6 aromatic heterocycles. The van der Waals surface area contributed by atoms with Crippen molar-refractivity contribution in [2.45, 2.75) is 13.1 Å². The molecule has 0 aliphatic rings. The number of carboxylic acid groups (broad SMARTS) is 1. The van der Waals surface area contributed by atoms with E-state index in [2.05, 4.69) is 42.7 Å². The van der Waals surface area contributed by atoms with E-state index in [-0.39, 0.29) is 11.5 Å². The van der Waals surface area contributed by atoms with Gasteiger partial charge in [0.15, 0.2) is 11.3 Å². The van der Waals surface area contributed by atoms with Crippen molar-refractivity contribution in [3.05, 3.63) is 168 Å². The highest BCUT2D eigenvalue weighted by Crippen LogP contribution is 2.24. The largest absolute Gasteiger partial charge is 0.478 e. The maximum atomic E-state index is 11.6. The number of aromatic carboxylic acids is 1. The fourth-order valence-corrected chi connectivity index (χ4v) is 6.71. The number of hydrogen-bond donors (Lipinski definition) is 1. The number of ether oxygens (including phenoxy) is 1. The van der Waals surface area contributed by atoms with Gasteiger partial charge < -0.3 is 9.84 Å². The molecule has 0 aliphatic carbocycles. The van der Waals surface area contributed by atoms with Gasteiger partial charge in [0.25, 0.3) is 0 Å². The van der Waals surface area contributed by atoms with Crippen LogP contribution in [0.25, 0.3) is 66.6 Å². The van der Waals surface area contributed by atoms with Crippen LogP contribution in [0, 0.1) is 0 Å². The molecule has 0 radical (unpaired) electrons. The number of hydrogen-bond acceptors (Lipinski definition) is 11. The van der Waals surface area contributed by atoms with Gasteiger partial charge in [-0.2, -0.15) is 0 Å². The zero-order valence-electron chi connectivity index (χ0n) is 31.4. The van der Waals surface area contributed by atoms with Crippen molar-refractivity contribution in [1.29, 1.82) is 0 Å². The molecular formula is C45H32N10O4. The number of aromatic nitrogens is 10. The molecule has 10 aromatic rings. The molecule has 0 saturated carbocycles. The van der Waals surface area contributed by atoms with Gasteiger partial charge in [-0.25, -0.2) is 28.9 Å². The van der Waals surface area contributed by atoms with E-state index < -0.39 is 5.97 Å². The Hall–Kier alpha value is -8.26. The summed E-state index contributed by atoms with van der Waals surface area (Å²) < 4.78 is 8.31. The summed E-state index contributed by atoms with van der Waals surface area (Å²) in [6, 6.07) is 41.5. The van der Waals surface area contributed by atoms with Crippen LogP contribution in [-0.2, 0) is 17.8 Å².